The molecule has 2 unspecified atom stereocenters. The third kappa shape index (κ3) is 3.42. The normalized spacial score (nSPS) is 22.9. The Kier molecular flexibility index (Phi) is 5.67. The van der Waals surface area contributed by atoms with Gasteiger partial charge in [-0.05, 0) is 42.8 Å². The molecule has 0 bridgehead atoms. The van der Waals surface area contributed by atoms with Crippen molar-refractivity contribution in [2.75, 3.05) is 16.8 Å². The Balaban J connectivity index is 1.63. The number of nitrogens with one attached hydrogen (secondary N) is 1. The molecule has 174 valence electrons. The molecule has 2 atom stereocenters. The van der Waals surface area contributed by atoms with Crippen molar-refractivity contribution >= 4 is 46.3 Å². The fourth-order valence-corrected chi connectivity index (χ4v) is 5.72. The number of para-hydroxylation sites is 1. The number of aliphatic hydroxyl groups is 1. The number of carbonyl (C=O) groups excluding carboxylic acids is 2. The quantitative estimate of drug-likeness (QED) is 0.417. The van der Waals surface area contributed by atoms with Gasteiger partial charge in [0.2, 0.25) is 0 Å². The molecule has 5 nitrogen and oxygen atoms in total. The molecule has 1 amide bonds. The average Bonchev–Trinajstić information content (AvgIpc) is 3.27. The average molecular weight is 495 g/mol. The molecule has 0 radical (unpaired) electrons. The Hall–Kier alpha value is -2.86. The van der Waals surface area contributed by atoms with E-state index in [0.717, 1.165) is 17.7 Å². The first-order valence-corrected chi connectivity index (χ1v) is 12.0. The van der Waals surface area contributed by atoms with Crippen LogP contribution in [0.5, 0.6) is 0 Å². The minimum atomic E-state index is -1.99. The fraction of sp³-hybridized carbons (Fsp3) is 0.259. The molecule has 5 rings (SSSR count). The van der Waals surface area contributed by atoms with Crippen LogP contribution in [0, 0.1) is 0 Å². The Bertz CT molecular complexity index is 1310. The molecular weight excluding hydrogens is 471 g/mol. The van der Waals surface area contributed by atoms with Crippen molar-refractivity contribution in [2.45, 2.75) is 37.3 Å². The summed E-state index contributed by atoms with van der Waals surface area (Å²) < 4.78 is 0. The van der Waals surface area contributed by atoms with Crippen LogP contribution < -0.4 is 10.2 Å². The van der Waals surface area contributed by atoms with E-state index in [2.05, 4.69) is 12.2 Å². The summed E-state index contributed by atoms with van der Waals surface area (Å²) in [5, 5.41) is 16.3. The highest BCUT2D eigenvalue weighted by Crippen LogP contribution is 2.53. The number of benzene rings is 3. The van der Waals surface area contributed by atoms with E-state index in [0.29, 0.717) is 39.8 Å². The first-order valence-electron chi connectivity index (χ1n) is 11.3. The first-order chi connectivity index (χ1) is 16.3. The maximum Gasteiger partial charge on any atom is 0.265 e. The van der Waals surface area contributed by atoms with Gasteiger partial charge in [0.25, 0.3) is 5.91 Å². The van der Waals surface area contributed by atoms with Gasteiger partial charge < -0.3 is 10.4 Å². The highest BCUT2D eigenvalue weighted by molar-refractivity contribution is 6.31. The van der Waals surface area contributed by atoms with Crippen LogP contribution in [0.15, 0.2) is 66.7 Å². The van der Waals surface area contributed by atoms with Crippen LogP contribution >= 0.6 is 23.2 Å². The molecule has 0 aromatic heterocycles. The van der Waals surface area contributed by atoms with Gasteiger partial charge in [0.1, 0.15) is 0 Å². The first kappa shape index (κ1) is 22.9. The summed E-state index contributed by atoms with van der Waals surface area (Å²) in [5.74, 6) is -0.861. The number of carbonyl (C=O) groups is 2. The number of Topliss-reactive ketones (excluding diaryl/α,β-unsaturated/α-hetero) is 1. The smallest absolute Gasteiger partial charge is 0.265 e. The molecule has 0 saturated carbocycles. The van der Waals surface area contributed by atoms with Gasteiger partial charge in [-0.25, -0.2) is 0 Å². The third-order valence-electron chi connectivity index (χ3n) is 6.86. The molecule has 3 aromatic carbocycles. The van der Waals surface area contributed by atoms with E-state index in [1.807, 2.05) is 30.3 Å². The maximum atomic E-state index is 14.1. The highest BCUT2D eigenvalue weighted by atomic mass is 35.5. The summed E-state index contributed by atoms with van der Waals surface area (Å²) in [5.41, 5.74) is 0.485. The fourth-order valence-electron chi connectivity index (χ4n) is 5.36. The van der Waals surface area contributed by atoms with Gasteiger partial charge in [0.05, 0.1) is 17.6 Å². The van der Waals surface area contributed by atoms with Gasteiger partial charge >= 0.3 is 0 Å². The topological polar surface area (TPSA) is 69.6 Å². The zero-order chi connectivity index (χ0) is 24.1. The summed E-state index contributed by atoms with van der Waals surface area (Å²) in [4.78, 5) is 29.0. The van der Waals surface area contributed by atoms with Gasteiger partial charge in [0, 0.05) is 39.0 Å². The van der Waals surface area contributed by atoms with Crippen molar-refractivity contribution in [1.29, 1.82) is 0 Å². The minimum absolute atomic E-state index is 0.354. The van der Waals surface area contributed by atoms with Crippen LogP contribution in [0.1, 0.15) is 47.7 Å². The summed E-state index contributed by atoms with van der Waals surface area (Å²) in [6.07, 6.45) is 1.09. The minimum Gasteiger partial charge on any atom is -0.382 e. The second kappa shape index (κ2) is 8.42. The SMILES string of the molecule is CCCC1(N2C(=O)C(O)(CC(=O)c3cccc(Cl)c3)c3ccccc32)CNc2ccc(Cl)cc21. The Labute approximate surface area is 208 Å². The van der Waals surface area contributed by atoms with E-state index in [1.165, 1.54) is 0 Å². The van der Waals surface area contributed by atoms with E-state index < -0.39 is 17.0 Å². The molecule has 2 heterocycles. The lowest BCUT2D eigenvalue weighted by Crippen LogP contribution is -2.53. The Morgan fingerprint density at radius 3 is 2.56 bits per heavy atom. The zero-order valence-corrected chi connectivity index (χ0v) is 20.2. The third-order valence-corrected chi connectivity index (χ3v) is 7.33. The molecule has 34 heavy (non-hydrogen) atoms. The summed E-state index contributed by atoms with van der Waals surface area (Å²) in [7, 11) is 0. The van der Waals surface area contributed by atoms with Gasteiger partial charge in [-0.1, -0.05) is 66.9 Å². The molecule has 0 spiro atoms. The van der Waals surface area contributed by atoms with Crippen molar-refractivity contribution in [3.05, 3.63) is 93.5 Å². The summed E-state index contributed by atoms with van der Waals surface area (Å²) in [6.45, 7) is 2.54. The number of rotatable bonds is 6. The van der Waals surface area contributed by atoms with Crippen molar-refractivity contribution in [3.63, 3.8) is 0 Å². The number of anilines is 2. The van der Waals surface area contributed by atoms with Gasteiger partial charge in [-0.15, -0.1) is 0 Å². The van der Waals surface area contributed by atoms with E-state index in [4.69, 9.17) is 23.2 Å². The standard InChI is InChI=1S/C27H24Cl2N2O3/c1-2-12-26(16-30-22-11-10-19(29)14-21(22)26)31-23-9-4-3-8-20(23)27(34,25(31)33)15-24(32)17-6-5-7-18(28)13-17/h3-11,13-14,30,34H,2,12,15-16H2,1H3. The molecule has 2 aliphatic heterocycles. The Morgan fingerprint density at radius 2 is 1.79 bits per heavy atom. The molecule has 0 saturated heterocycles. The van der Waals surface area contributed by atoms with Crippen LogP contribution in [0.4, 0.5) is 11.4 Å². The van der Waals surface area contributed by atoms with Crippen molar-refractivity contribution in [1.82, 2.24) is 0 Å². The van der Waals surface area contributed by atoms with Crippen molar-refractivity contribution in [2.24, 2.45) is 0 Å². The highest BCUT2D eigenvalue weighted by Gasteiger charge is 2.58. The van der Waals surface area contributed by atoms with Crippen LogP contribution in [-0.4, -0.2) is 23.3 Å². The van der Waals surface area contributed by atoms with E-state index in [9.17, 15) is 14.7 Å². The molecule has 0 fully saturated rings. The predicted molar refractivity (Wildman–Crippen MR) is 135 cm³/mol. The number of fused-ring (bicyclic) bond motifs is 2. The molecular formula is C27H24Cl2N2O3. The van der Waals surface area contributed by atoms with Gasteiger partial charge in [-0.2, -0.15) is 0 Å². The lowest BCUT2D eigenvalue weighted by Gasteiger charge is -2.40. The number of amides is 1. The number of hydrogen-bond donors (Lipinski definition) is 2. The largest absolute Gasteiger partial charge is 0.382 e. The lowest BCUT2D eigenvalue weighted by molar-refractivity contribution is -0.137. The van der Waals surface area contributed by atoms with Crippen LogP contribution in [0.3, 0.4) is 0 Å². The molecule has 0 aliphatic carbocycles. The monoisotopic (exact) mass is 494 g/mol. The molecule has 2 N–H and O–H groups in total. The summed E-state index contributed by atoms with van der Waals surface area (Å²) in [6, 6.07) is 19.3. The summed E-state index contributed by atoms with van der Waals surface area (Å²) >= 11 is 12.4. The zero-order valence-electron chi connectivity index (χ0n) is 18.6. The van der Waals surface area contributed by atoms with E-state index in [1.54, 1.807) is 41.3 Å². The number of nitrogens with zero attached hydrogens (tertiary/aromatic N) is 1. The second-order valence-electron chi connectivity index (χ2n) is 8.95. The number of halogens is 2. The molecule has 3 aromatic rings. The van der Waals surface area contributed by atoms with Crippen LogP contribution in [-0.2, 0) is 15.9 Å². The lowest BCUT2D eigenvalue weighted by atomic mass is 9.84. The maximum absolute atomic E-state index is 14.1. The van der Waals surface area contributed by atoms with Gasteiger partial charge in [-0.3, -0.25) is 14.5 Å². The number of ketones is 1. The van der Waals surface area contributed by atoms with Crippen molar-refractivity contribution < 1.29 is 14.7 Å². The van der Waals surface area contributed by atoms with Crippen LogP contribution in [0.2, 0.25) is 10.0 Å². The predicted octanol–water partition coefficient (Wildman–Crippen LogP) is 5.92. The molecule has 2 aliphatic rings. The van der Waals surface area contributed by atoms with E-state index >= 15 is 0 Å². The van der Waals surface area contributed by atoms with E-state index in [-0.39, 0.29) is 12.2 Å². The van der Waals surface area contributed by atoms with Crippen molar-refractivity contribution in [3.8, 4) is 0 Å². The second-order valence-corrected chi connectivity index (χ2v) is 9.83. The van der Waals surface area contributed by atoms with Gasteiger partial charge in [0.15, 0.2) is 11.4 Å². The molecule has 7 heteroatoms. The number of hydrogen-bond acceptors (Lipinski definition) is 4. The van der Waals surface area contributed by atoms with Crippen LogP contribution in [0.25, 0.3) is 0 Å². The Morgan fingerprint density at radius 1 is 1.03 bits per heavy atom.